The molecule has 1 amide bonds. The summed E-state index contributed by atoms with van der Waals surface area (Å²) in [5, 5.41) is 2.85. The van der Waals surface area contributed by atoms with Crippen molar-refractivity contribution in [1.82, 2.24) is 9.97 Å². The quantitative estimate of drug-likeness (QED) is 0.935. The number of amides is 1. The molecule has 1 heterocycles. The van der Waals surface area contributed by atoms with Gasteiger partial charge in [-0.15, -0.1) is 0 Å². The molecule has 5 nitrogen and oxygen atoms in total. The minimum atomic E-state index is -0.195. The Balaban J connectivity index is 1.76. The molecule has 0 radical (unpaired) electrons. The fraction of sp³-hybridized carbons (Fsp3) is 0.389. The topological polar surface area (TPSA) is 64.1 Å². The molecule has 1 aliphatic carbocycles. The van der Waals surface area contributed by atoms with E-state index < -0.39 is 0 Å². The summed E-state index contributed by atoms with van der Waals surface area (Å²) in [7, 11) is 1.60. The molecule has 0 spiro atoms. The monoisotopic (exact) mass is 311 g/mol. The summed E-state index contributed by atoms with van der Waals surface area (Å²) in [6, 6.07) is 7.12. The number of aromatic nitrogens is 2. The highest BCUT2D eigenvalue weighted by Crippen LogP contribution is 2.32. The lowest BCUT2D eigenvalue weighted by Gasteiger charge is -2.11. The maximum absolute atomic E-state index is 12.4. The van der Waals surface area contributed by atoms with E-state index in [-0.39, 0.29) is 5.91 Å². The van der Waals surface area contributed by atoms with E-state index in [2.05, 4.69) is 15.3 Å². The molecule has 0 unspecified atom stereocenters. The van der Waals surface area contributed by atoms with E-state index in [1.807, 2.05) is 13.0 Å². The van der Waals surface area contributed by atoms with Crippen LogP contribution in [0.25, 0.3) is 0 Å². The Morgan fingerprint density at radius 1 is 1.26 bits per heavy atom. The van der Waals surface area contributed by atoms with E-state index >= 15 is 0 Å². The van der Waals surface area contributed by atoms with Gasteiger partial charge in [-0.05, 0) is 43.5 Å². The van der Waals surface area contributed by atoms with Gasteiger partial charge >= 0.3 is 0 Å². The van der Waals surface area contributed by atoms with E-state index in [1.165, 1.54) is 12.8 Å². The molecule has 5 heteroatoms. The number of carbonyl (C=O) groups is 1. The standard InChI is InChI=1S/C18H21N3O2/c1-12-7-8-14(11-15(12)23-2)18(22)21-16-9-10-19-17(20-16)13-5-3-4-6-13/h7-11,13H,3-6H2,1-2H3,(H,19,20,21,22). The Morgan fingerprint density at radius 2 is 2.04 bits per heavy atom. The van der Waals surface area contributed by atoms with Crippen molar-refractivity contribution in [3.63, 3.8) is 0 Å². The third-order valence-electron chi connectivity index (χ3n) is 4.31. The zero-order valence-electron chi connectivity index (χ0n) is 13.5. The third-order valence-corrected chi connectivity index (χ3v) is 4.31. The molecular weight excluding hydrogens is 290 g/mol. The van der Waals surface area contributed by atoms with Gasteiger partial charge in [0.2, 0.25) is 0 Å². The van der Waals surface area contributed by atoms with Crippen molar-refractivity contribution >= 4 is 11.7 Å². The lowest BCUT2D eigenvalue weighted by atomic mass is 10.1. The number of nitrogens with zero attached hydrogens (tertiary/aromatic N) is 2. The lowest BCUT2D eigenvalue weighted by Crippen LogP contribution is -2.14. The first-order valence-electron chi connectivity index (χ1n) is 7.96. The van der Waals surface area contributed by atoms with Crippen LogP contribution in [0.5, 0.6) is 5.75 Å². The van der Waals surface area contributed by atoms with E-state index in [4.69, 9.17) is 4.74 Å². The average molecular weight is 311 g/mol. The molecule has 1 aromatic heterocycles. The fourth-order valence-corrected chi connectivity index (χ4v) is 2.97. The van der Waals surface area contributed by atoms with E-state index in [1.54, 1.807) is 31.5 Å². The molecule has 0 saturated heterocycles. The Labute approximate surface area is 136 Å². The van der Waals surface area contributed by atoms with Crippen LogP contribution in [-0.4, -0.2) is 23.0 Å². The summed E-state index contributed by atoms with van der Waals surface area (Å²) in [5.41, 5.74) is 1.54. The van der Waals surface area contributed by atoms with Crippen LogP contribution in [0.3, 0.4) is 0 Å². The summed E-state index contributed by atoms with van der Waals surface area (Å²) in [5.74, 6) is 2.31. The fourth-order valence-electron chi connectivity index (χ4n) is 2.97. The number of hydrogen-bond donors (Lipinski definition) is 1. The molecule has 1 aromatic carbocycles. The Morgan fingerprint density at radius 3 is 2.78 bits per heavy atom. The molecular formula is C18H21N3O2. The third kappa shape index (κ3) is 3.50. The molecule has 1 saturated carbocycles. The van der Waals surface area contributed by atoms with E-state index in [0.29, 0.717) is 23.0 Å². The van der Waals surface area contributed by atoms with Crippen molar-refractivity contribution in [2.45, 2.75) is 38.5 Å². The SMILES string of the molecule is COc1cc(C(=O)Nc2ccnc(C3CCCC3)n2)ccc1C. The first kappa shape index (κ1) is 15.5. The van der Waals surface area contributed by atoms with Crippen molar-refractivity contribution in [3.05, 3.63) is 47.4 Å². The van der Waals surface area contributed by atoms with Crippen molar-refractivity contribution in [1.29, 1.82) is 0 Å². The summed E-state index contributed by atoms with van der Waals surface area (Å²) < 4.78 is 5.27. The van der Waals surface area contributed by atoms with Crippen molar-refractivity contribution in [2.24, 2.45) is 0 Å². The van der Waals surface area contributed by atoms with E-state index in [0.717, 1.165) is 24.2 Å². The van der Waals surface area contributed by atoms with Crippen LogP contribution in [0, 0.1) is 6.92 Å². The van der Waals surface area contributed by atoms with Gasteiger partial charge in [-0.2, -0.15) is 0 Å². The minimum absolute atomic E-state index is 0.195. The van der Waals surface area contributed by atoms with Crippen LogP contribution in [0.1, 0.15) is 53.3 Å². The molecule has 1 fully saturated rings. The molecule has 0 atom stereocenters. The highest BCUT2D eigenvalue weighted by molar-refractivity contribution is 6.04. The van der Waals surface area contributed by atoms with Gasteiger partial charge in [0.25, 0.3) is 5.91 Å². The van der Waals surface area contributed by atoms with Crippen LogP contribution >= 0.6 is 0 Å². The van der Waals surface area contributed by atoms with Crippen LogP contribution in [0.15, 0.2) is 30.5 Å². The second-order valence-electron chi connectivity index (χ2n) is 5.92. The van der Waals surface area contributed by atoms with Gasteiger partial charge in [-0.25, -0.2) is 9.97 Å². The van der Waals surface area contributed by atoms with Crippen molar-refractivity contribution in [3.8, 4) is 5.75 Å². The predicted molar refractivity (Wildman–Crippen MR) is 88.9 cm³/mol. The number of anilines is 1. The number of rotatable bonds is 4. The van der Waals surface area contributed by atoms with Crippen LogP contribution in [0.2, 0.25) is 0 Å². The van der Waals surface area contributed by atoms with Gasteiger partial charge < -0.3 is 10.1 Å². The molecule has 0 aliphatic heterocycles. The Bertz CT molecular complexity index is 709. The number of aryl methyl sites for hydroxylation is 1. The molecule has 3 rings (SSSR count). The summed E-state index contributed by atoms with van der Waals surface area (Å²) in [4.78, 5) is 21.3. The van der Waals surface area contributed by atoms with Crippen molar-refractivity contribution in [2.75, 3.05) is 12.4 Å². The molecule has 120 valence electrons. The highest BCUT2D eigenvalue weighted by Gasteiger charge is 2.20. The zero-order chi connectivity index (χ0) is 16.2. The van der Waals surface area contributed by atoms with Crippen LogP contribution in [0.4, 0.5) is 5.82 Å². The van der Waals surface area contributed by atoms with Gasteiger partial charge in [0.1, 0.15) is 17.4 Å². The first-order valence-corrected chi connectivity index (χ1v) is 7.96. The van der Waals surface area contributed by atoms with Gasteiger partial charge in [0, 0.05) is 17.7 Å². The van der Waals surface area contributed by atoms with Gasteiger partial charge in [0.15, 0.2) is 0 Å². The first-order chi connectivity index (χ1) is 11.2. The van der Waals surface area contributed by atoms with Crippen LogP contribution < -0.4 is 10.1 Å². The second kappa shape index (κ2) is 6.77. The summed E-state index contributed by atoms with van der Waals surface area (Å²) in [6.45, 7) is 1.94. The largest absolute Gasteiger partial charge is 0.496 e. The smallest absolute Gasteiger partial charge is 0.256 e. The van der Waals surface area contributed by atoms with E-state index in [9.17, 15) is 4.79 Å². The van der Waals surface area contributed by atoms with Crippen molar-refractivity contribution < 1.29 is 9.53 Å². The zero-order valence-corrected chi connectivity index (χ0v) is 13.5. The number of nitrogens with one attached hydrogen (secondary N) is 1. The molecule has 1 N–H and O–H groups in total. The summed E-state index contributed by atoms with van der Waals surface area (Å²) in [6.07, 6.45) is 6.44. The predicted octanol–water partition coefficient (Wildman–Crippen LogP) is 3.70. The Hall–Kier alpha value is -2.43. The molecule has 0 bridgehead atoms. The number of carbonyl (C=O) groups excluding carboxylic acids is 1. The second-order valence-corrected chi connectivity index (χ2v) is 5.92. The number of ether oxygens (including phenoxy) is 1. The maximum atomic E-state index is 12.4. The molecule has 23 heavy (non-hydrogen) atoms. The minimum Gasteiger partial charge on any atom is -0.496 e. The Kier molecular flexibility index (Phi) is 4.55. The normalized spacial score (nSPS) is 14.7. The molecule has 2 aromatic rings. The van der Waals surface area contributed by atoms with Gasteiger partial charge in [-0.1, -0.05) is 18.9 Å². The maximum Gasteiger partial charge on any atom is 0.256 e. The number of methoxy groups -OCH3 is 1. The number of benzene rings is 1. The lowest BCUT2D eigenvalue weighted by molar-refractivity contribution is 0.102. The van der Waals surface area contributed by atoms with Gasteiger partial charge in [0.05, 0.1) is 7.11 Å². The summed E-state index contributed by atoms with van der Waals surface area (Å²) >= 11 is 0. The van der Waals surface area contributed by atoms with Crippen LogP contribution in [-0.2, 0) is 0 Å². The van der Waals surface area contributed by atoms with Gasteiger partial charge in [-0.3, -0.25) is 4.79 Å². The highest BCUT2D eigenvalue weighted by atomic mass is 16.5. The number of hydrogen-bond acceptors (Lipinski definition) is 4. The average Bonchev–Trinajstić information content (AvgIpc) is 3.10. The molecule has 1 aliphatic rings.